The van der Waals surface area contributed by atoms with Gasteiger partial charge in [-0.2, -0.15) is 0 Å². The van der Waals surface area contributed by atoms with Crippen molar-refractivity contribution in [2.75, 3.05) is 0 Å². The van der Waals surface area contributed by atoms with Gasteiger partial charge in [0.1, 0.15) is 5.82 Å². The van der Waals surface area contributed by atoms with E-state index in [4.69, 9.17) is 0 Å². The first-order valence-corrected chi connectivity index (χ1v) is 8.06. The summed E-state index contributed by atoms with van der Waals surface area (Å²) in [5.41, 5.74) is 1.77. The van der Waals surface area contributed by atoms with E-state index in [1.807, 2.05) is 6.92 Å². The SMILES string of the molecule is CCCCC1CCC(C(O)c2cc(F)ccc2C)CC1. The molecule has 1 N–H and O–H groups in total. The molecule has 0 heterocycles. The van der Waals surface area contributed by atoms with Crippen molar-refractivity contribution in [1.82, 2.24) is 0 Å². The largest absolute Gasteiger partial charge is 0.388 e. The first-order valence-electron chi connectivity index (χ1n) is 8.06. The average Bonchev–Trinajstić information content (AvgIpc) is 2.47. The maximum Gasteiger partial charge on any atom is 0.123 e. The Morgan fingerprint density at radius 3 is 2.60 bits per heavy atom. The van der Waals surface area contributed by atoms with Crippen molar-refractivity contribution >= 4 is 0 Å². The standard InChI is InChI=1S/C18H27FO/c1-3-4-5-14-7-9-15(10-8-14)18(20)17-12-16(19)11-6-13(17)2/h6,11-12,14-15,18,20H,3-5,7-10H2,1-2H3. The number of aliphatic hydroxyl groups is 1. The Labute approximate surface area is 122 Å². The van der Waals surface area contributed by atoms with E-state index in [1.54, 1.807) is 6.07 Å². The molecule has 0 bridgehead atoms. The lowest BCUT2D eigenvalue weighted by atomic mass is 9.76. The second kappa shape index (κ2) is 7.21. The van der Waals surface area contributed by atoms with E-state index in [0.717, 1.165) is 29.9 Å². The van der Waals surface area contributed by atoms with E-state index < -0.39 is 6.10 Å². The fourth-order valence-corrected chi connectivity index (χ4v) is 3.47. The van der Waals surface area contributed by atoms with Crippen LogP contribution in [0, 0.1) is 24.6 Å². The Morgan fingerprint density at radius 2 is 1.95 bits per heavy atom. The van der Waals surface area contributed by atoms with Crippen LogP contribution in [0.2, 0.25) is 0 Å². The number of benzene rings is 1. The molecule has 2 rings (SSSR count). The molecule has 1 aliphatic carbocycles. The van der Waals surface area contributed by atoms with Crippen molar-refractivity contribution < 1.29 is 9.50 Å². The molecule has 1 nitrogen and oxygen atoms in total. The number of hydrogen-bond acceptors (Lipinski definition) is 1. The van der Waals surface area contributed by atoms with E-state index in [1.165, 1.54) is 44.2 Å². The number of aliphatic hydroxyl groups excluding tert-OH is 1. The van der Waals surface area contributed by atoms with E-state index in [0.29, 0.717) is 5.92 Å². The van der Waals surface area contributed by atoms with Gasteiger partial charge >= 0.3 is 0 Å². The summed E-state index contributed by atoms with van der Waals surface area (Å²) in [6.45, 7) is 4.19. The predicted molar refractivity (Wildman–Crippen MR) is 81.1 cm³/mol. The summed E-state index contributed by atoms with van der Waals surface area (Å²) in [6.07, 6.45) is 8.01. The molecule has 1 aromatic carbocycles. The summed E-state index contributed by atoms with van der Waals surface area (Å²) in [6, 6.07) is 4.73. The molecule has 0 amide bonds. The first kappa shape index (κ1) is 15.5. The van der Waals surface area contributed by atoms with Crippen molar-refractivity contribution in [2.45, 2.75) is 64.9 Å². The van der Waals surface area contributed by atoms with Crippen LogP contribution in [-0.4, -0.2) is 5.11 Å². The van der Waals surface area contributed by atoms with Crippen molar-refractivity contribution in [3.63, 3.8) is 0 Å². The lowest BCUT2D eigenvalue weighted by Gasteiger charge is -2.32. The minimum atomic E-state index is -0.502. The lowest BCUT2D eigenvalue weighted by Crippen LogP contribution is -2.21. The van der Waals surface area contributed by atoms with Crippen molar-refractivity contribution in [2.24, 2.45) is 11.8 Å². The van der Waals surface area contributed by atoms with Gasteiger partial charge in [-0.15, -0.1) is 0 Å². The molecule has 0 aliphatic heterocycles. The van der Waals surface area contributed by atoms with E-state index in [2.05, 4.69) is 6.92 Å². The van der Waals surface area contributed by atoms with Gasteiger partial charge in [-0.25, -0.2) is 4.39 Å². The Morgan fingerprint density at radius 1 is 1.25 bits per heavy atom. The van der Waals surface area contributed by atoms with Crippen LogP contribution in [0.5, 0.6) is 0 Å². The van der Waals surface area contributed by atoms with E-state index in [9.17, 15) is 9.50 Å². The van der Waals surface area contributed by atoms with Crippen molar-refractivity contribution in [3.8, 4) is 0 Å². The van der Waals surface area contributed by atoms with E-state index in [-0.39, 0.29) is 5.82 Å². The highest BCUT2D eigenvalue weighted by Gasteiger charge is 2.28. The quantitative estimate of drug-likeness (QED) is 0.788. The number of rotatable bonds is 5. The van der Waals surface area contributed by atoms with Crippen LogP contribution < -0.4 is 0 Å². The molecule has 1 aliphatic rings. The van der Waals surface area contributed by atoms with E-state index >= 15 is 0 Å². The highest BCUT2D eigenvalue weighted by atomic mass is 19.1. The van der Waals surface area contributed by atoms with Gasteiger partial charge in [0, 0.05) is 0 Å². The number of aryl methyl sites for hydroxylation is 1. The molecule has 1 unspecified atom stereocenters. The molecule has 0 radical (unpaired) electrons. The maximum atomic E-state index is 13.4. The molecule has 0 spiro atoms. The lowest BCUT2D eigenvalue weighted by molar-refractivity contribution is 0.0713. The van der Waals surface area contributed by atoms with Crippen molar-refractivity contribution in [3.05, 3.63) is 35.1 Å². The molecule has 112 valence electrons. The molecule has 1 aromatic rings. The Hall–Kier alpha value is -0.890. The van der Waals surface area contributed by atoms with Gasteiger partial charge in [-0.05, 0) is 54.9 Å². The van der Waals surface area contributed by atoms with Crippen LogP contribution in [0.1, 0.15) is 69.1 Å². The third kappa shape index (κ3) is 3.82. The van der Waals surface area contributed by atoms with Gasteiger partial charge in [0.25, 0.3) is 0 Å². The molecule has 20 heavy (non-hydrogen) atoms. The summed E-state index contributed by atoms with van der Waals surface area (Å²) in [4.78, 5) is 0. The Kier molecular flexibility index (Phi) is 5.59. The number of unbranched alkanes of at least 4 members (excludes halogenated alkanes) is 1. The second-order valence-corrected chi connectivity index (χ2v) is 6.37. The highest BCUT2D eigenvalue weighted by molar-refractivity contribution is 5.29. The zero-order valence-electron chi connectivity index (χ0n) is 12.7. The summed E-state index contributed by atoms with van der Waals surface area (Å²) >= 11 is 0. The van der Waals surface area contributed by atoms with Crippen molar-refractivity contribution in [1.29, 1.82) is 0 Å². The number of halogens is 1. The summed E-state index contributed by atoms with van der Waals surface area (Å²) in [7, 11) is 0. The van der Waals surface area contributed by atoms with Crippen LogP contribution in [0.25, 0.3) is 0 Å². The van der Waals surface area contributed by atoms with Crippen LogP contribution in [-0.2, 0) is 0 Å². The fourth-order valence-electron chi connectivity index (χ4n) is 3.47. The third-order valence-corrected chi connectivity index (χ3v) is 4.86. The molecule has 0 aromatic heterocycles. The Bertz CT molecular complexity index is 421. The van der Waals surface area contributed by atoms with Gasteiger partial charge in [-0.3, -0.25) is 0 Å². The smallest absolute Gasteiger partial charge is 0.123 e. The van der Waals surface area contributed by atoms with Crippen LogP contribution in [0.15, 0.2) is 18.2 Å². The predicted octanol–water partition coefficient (Wildman–Crippen LogP) is 5.16. The summed E-state index contributed by atoms with van der Waals surface area (Å²) in [5, 5.41) is 10.5. The minimum absolute atomic E-state index is 0.249. The van der Waals surface area contributed by atoms with Gasteiger partial charge in [0.15, 0.2) is 0 Å². The molecule has 1 fully saturated rings. The normalized spacial score (nSPS) is 24.6. The highest BCUT2D eigenvalue weighted by Crippen LogP contribution is 2.39. The molecule has 1 saturated carbocycles. The fraction of sp³-hybridized carbons (Fsp3) is 0.667. The summed E-state index contributed by atoms with van der Waals surface area (Å²) < 4.78 is 13.4. The summed E-state index contributed by atoms with van der Waals surface area (Å²) in [5.74, 6) is 0.890. The van der Waals surface area contributed by atoms with Gasteiger partial charge in [0.2, 0.25) is 0 Å². The Balaban J connectivity index is 1.94. The molecule has 0 saturated heterocycles. The zero-order valence-corrected chi connectivity index (χ0v) is 12.7. The second-order valence-electron chi connectivity index (χ2n) is 6.37. The topological polar surface area (TPSA) is 20.2 Å². The molecular weight excluding hydrogens is 251 g/mol. The van der Waals surface area contributed by atoms with Gasteiger partial charge in [-0.1, -0.05) is 45.1 Å². The molecular formula is C18H27FO. The van der Waals surface area contributed by atoms with Gasteiger partial charge in [0.05, 0.1) is 6.10 Å². The molecule has 1 atom stereocenters. The number of hydrogen-bond donors (Lipinski definition) is 1. The first-order chi connectivity index (χ1) is 9.61. The minimum Gasteiger partial charge on any atom is -0.388 e. The monoisotopic (exact) mass is 278 g/mol. The van der Waals surface area contributed by atoms with Gasteiger partial charge < -0.3 is 5.11 Å². The van der Waals surface area contributed by atoms with Crippen LogP contribution >= 0.6 is 0 Å². The average molecular weight is 278 g/mol. The van der Waals surface area contributed by atoms with Crippen LogP contribution in [0.3, 0.4) is 0 Å². The zero-order chi connectivity index (χ0) is 14.5. The third-order valence-electron chi connectivity index (χ3n) is 4.86. The maximum absolute atomic E-state index is 13.4. The molecule has 2 heteroatoms. The van der Waals surface area contributed by atoms with Crippen LogP contribution in [0.4, 0.5) is 4.39 Å².